The highest BCUT2D eigenvalue weighted by Gasteiger charge is 2.08. The number of hydrogen-bond acceptors (Lipinski definition) is 5. The molecule has 0 radical (unpaired) electrons. The number of rotatable bonds is 3. The van der Waals surface area contributed by atoms with E-state index in [1.54, 1.807) is 13.0 Å². The van der Waals surface area contributed by atoms with Gasteiger partial charge in [-0.1, -0.05) is 11.2 Å². The van der Waals surface area contributed by atoms with E-state index in [4.69, 9.17) is 4.52 Å². The first-order valence-corrected chi connectivity index (χ1v) is 5.24. The van der Waals surface area contributed by atoms with E-state index in [1.165, 1.54) is 11.3 Å². The minimum atomic E-state index is -0.124. The molecule has 0 aromatic carbocycles. The molecule has 0 saturated heterocycles. The third-order valence-electron chi connectivity index (χ3n) is 1.71. The van der Waals surface area contributed by atoms with Gasteiger partial charge in [-0.25, -0.2) is 0 Å². The van der Waals surface area contributed by atoms with Gasteiger partial charge in [0, 0.05) is 0 Å². The molecule has 2 aromatic heterocycles. The maximum absolute atomic E-state index is 11.5. The fourth-order valence-corrected chi connectivity index (χ4v) is 1.70. The molecule has 0 bridgehead atoms. The van der Waals surface area contributed by atoms with Crippen LogP contribution in [0.3, 0.4) is 0 Å². The van der Waals surface area contributed by atoms with E-state index in [2.05, 4.69) is 15.5 Å². The van der Waals surface area contributed by atoms with E-state index in [0.717, 1.165) is 0 Å². The van der Waals surface area contributed by atoms with Crippen LogP contribution in [-0.4, -0.2) is 16.0 Å². The lowest BCUT2D eigenvalue weighted by Gasteiger charge is -1.98. The average Bonchev–Trinajstić information content (AvgIpc) is 2.84. The third-order valence-corrected chi connectivity index (χ3v) is 2.58. The Bertz CT molecular complexity index is 450. The van der Waals surface area contributed by atoms with Crippen LogP contribution in [0.5, 0.6) is 0 Å². The fourth-order valence-electron chi connectivity index (χ4n) is 1.06. The van der Waals surface area contributed by atoms with Crippen molar-refractivity contribution >= 4 is 17.2 Å². The van der Waals surface area contributed by atoms with Gasteiger partial charge >= 0.3 is 0 Å². The normalized spacial score (nSPS) is 10.2. The van der Waals surface area contributed by atoms with Crippen molar-refractivity contribution in [2.75, 3.05) is 0 Å². The summed E-state index contributed by atoms with van der Waals surface area (Å²) < 4.78 is 4.86. The highest BCUT2D eigenvalue weighted by molar-refractivity contribution is 7.12. The summed E-state index contributed by atoms with van der Waals surface area (Å²) in [6.07, 6.45) is 0. The molecule has 6 heteroatoms. The summed E-state index contributed by atoms with van der Waals surface area (Å²) in [4.78, 5) is 16.1. The van der Waals surface area contributed by atoms with E-state index in [0.29, 0.717) is 16.6 Å². The number of aromatic nitrogens is 2. The molecule has 1 N–H and O–H groups in total. The largest absolute Gasteiger partial charge is 0.342 e. The number of nitrogens with one attached hydrogen (secondary N) is 1. The second-order valence-corrected chi connectivity index (χ2v) is 3.84. The summed E-state index contributed by atoms with van der Waals surface area (Å²) in [7, 11) is 0. The maximum atomic E-state index is 11.5. The van der Waals surface area contributed by atoms with Gasteiger partial charge in [0.2, 0.25) is 5.89 Å². The maximum Gasteiger partial charge on any atom is 0.261 e. The Balaban J connectivity index is 1.91. The Labute approximate surface area is 90.1 Å². The first kappa shape index (κ1) is 9.85. The summed E-state index contributed by atoms with van der Waals surface area (Å²) in [5, 5.41) is 8.17. The summed E-state index contributed by atoms with van der Waals surface area (Å²) in [5.41, 5.74) is 0. The quantitative estimate of drug-likeness (QED) is 0.853. The Morgan fingerprint density at radius 2 is 2.53 bits per heavy atom. The highest BCUT2D eigenvalue weighted by atomic mass is 32.1. The summed E-state index contributed by atoms with van der Waals surface area (Å²) in [5.74, 6) is 0.855. The molecule has 0 aliphatic carbocycles. The lowest BCUT2D eigenvalue weighted by molar-refractivity contribution is 0.0950. The fraction of sp³-hybridized carbons (Fsp3) is 0.222. The molecule has 0 saturated carbocycles. The van der Waals surface area contributed by atoms with Crippen LogP contribution in [0.1, 0.15) is 21.4 Å². The average molecular weight is 223 g/mol. The number of carbonyl (C=O) groups excluding carboxylic acids is 1. The molecule has 0 aliphatic heterocycles. The van der Waals surface area contributed by atoms with Gasteiger partial charge in [0.25, 0.3) is 5.91 Å². The standard InChI is InChI=1S/C9H9N3O2S/c1-6-11-8(14-12-6)5-10-9(13)7-3-2-4-15-7/h2-4H,5H2,1H3,(H,10,13). The van der Waals surface area contributed by atoms with Gasteiger partial charge in [0.05, 0.1) is 11.4 Å². The van der Waals surface area contributed by atoms with Crippen LogP contribution in [0.2, 0.25) is 0 Å². The van der Waals surface area contributed by atoms with Gasteiger partial charge in [0.15, 0.2) is 5.82 Å². The molecule has 0 aliphatic rings. The number of carbonyl (C=O) groups is 1. The van der Waals surface area contributed by atoms with Gasteiger partial charge in [-0.15, -0.1) is 11.3 Å². The van der Waals surface area contributed by atoms with Crippen LogP contribution >= 0.6 is 11.3 Å². The molecule has 2 aromatic rings. The Morgan fingerprint density at radius 1 is 1.67 bits per heavy atom. The Morgan fingerprint density at radius 3 is 3.13 bits per heavy atom. The highest BCUT2D eigenvalue weighted by Crippen LogP contribution is 2.08. The summed E-state index contributed by atoms with van der Waals surface area (Å²) >= 11 is 1.39. The Hall–Kier alpha value is -1.69. The number of nitrogens with zero attached hydrogens (tertiary/aromatic N) is 2. The van der Waals surface area contributed by atoms with Crippen LogP contribution < -0.4 is 5.32 Å². The molecule has 0 unspecified atom stereocenters. The summed E-state index contributed by atoms with van der Waals surface area (Å²) in [6.45, 7) is 1.99. The zero-order valence-electron chi connectivity index (χ0n) is 8.06. The van der Waals surface area contributed by atoms with Crippen LogP contribution in [0.25, 0.3) is 0 Å². The number of aryl methyl sites for hydroxylation is 1. The van der Waals surface area contributed by atoms with Crippen LogP contribution in [0, 0.1) is 6.92 Å². The van der Waals surface area contributed by atoms with Crippen molar-refractivity contribution in [3.05, 3.63) is 34.1 Å². The zero-order chi connectivity index (χ0) is 10.7. The smallest absolute Gasteiger partial charge is 0.261 e. The first-order valence-electron chi connectivity index (χ1n) is 4.36. The van der Waals surface area contributed by atoms with Gasteiger partial charge < -0.3 is 9.84 Å². The van der Waals surface area contributed by atoms with E-state index < -0.39 is 0 Å². The molecule has 5 nitrogen and oxygen atoms in total. The second kappa shape index (κ2) is 4.22. The molecule has 1 amide bonds. The zero-order valence-corrected chi connectivity index (χ0v) is 8.87. The van der Waals surface area contributed by atoms with Gasteiger partial charge in [-0.2, -0.15) is 4.98 Å². The van der Waals surface area contributed by atoms with Crippen molar-refractivity contribution in [1.29, 1.82) is 0 Å². The van der Waals surface area contributed by atoms with Crippen molar-refractivity contribution in [2.45, 2.75) is 13.5 Å². The van der Waals surface area contributed by atoms with Crippen molar-refractivity contribution in [1.82, 2.24) is 15.5 Å². The summed E-state index contributed by atoms with van der Waals surface area (Å²) in [6, 6.07) is 3.59. The van der Waals surface area contributed by atoms with Gasteiger partial charge in [0.1, 0.15) is 0 Å². The van der Waals surface area contributed by atoms with Crippen molar-refractivity contribution in [2.24, 2.45) is 0 Å². The second-order valence-electron chi connectivity index (χ2n) is 2.90. The Kier molecular flexibility index (Phi) is 2.77. The van der Waals surface area contributed by atoms with Crippen molar-refractivity contribution in [3.8, 4) is 0 Å². The van der Waals surface area contributed by atoms with Crippen LogP contribution in [-0.2, 0) is 6.54 Å². The SMILES string of the molecule is Cc1noc(CNC(=O)c2cccs2)n1. The minimum Gasteiger partial charge on any atom is -0.342 e. The molecule has 2 heterocycles. The molecular weight excluding hydrogens is 214 g/mol. The number of amides is 1. The predicted molar refractivity (Wildman–Crippen MR) is 54.5 cm³/mol. The number of hydrogen-bond donors (Lipinski definition) is 1. The lowest BCUT2D eigenvalue weighted by atomic mass is 10.4. The lowest BCUT2D eigenvalue weighted by Crippen LogP contribution is -2.21. The van der Waals surface area contributed by atoms with Gasteiger partial charge in [-0.05, 0) is 18.4 Å². The van der Waals surface area contributed by atoms with Gasteiger partial charge in [-0.3, -0.25) is 4.79 Å². The first-order chi connectivity index (χ1) is 7.25. The number of thiophene rings is 1. The van der Waals surface area contributed by atoms with E-state index in [-0.39, 0.29) is 12.5 Å². The molecule has 0 spiro atoms. The molecule has 2 rings (SSSR count). The van der Waals surface area contributed by atoms with Crippen LogP contribution in [0.15, 0.2) is 22.0 Å². The van der Waals surface area contributed by atoms with Crippen molar-refractivity contribution < 1.29 is 9.32 Å². The van der Waals surface area contributed by atoms with E-state index >= 15 is 0 Å². The van der Waals surface area contributed by atoms with Crippen molar-refractivity contribution in [3.63, 3.8) is 0 Å². The molecule has 0 atom stereocenters. The molecule has 15 heavy (non-hydrogen) atoms. The molecule has 78 valence electrons. The molecule has 0 fully saturated rings. The van der Waals surface area contributed by atoms with E-state index in [1.807, 2.05) is 11.4 Å². The minimum absolute atomic E-state index is 0.124. The molecular formula is C9H9N3O2S. The van der Waals surface area contributed by atoms with Crippen LogP contribution in [0.4, 0.5) is 0 Å². The monoisotopic (exact) mass is 223 g/mol. The van der Waals surface area contributed by atoms with E-state index in [9.17, 15) is 4.79 Å². The predicted octanol–water partition coefficient (Wildman–Crippen LogP) is 1.37. The third kappa shape index (κ3) is 2.41. The topological polar surface area (TPSA) is 68.0 Å².